The van der Waals surface area contributed by atoms with Crippen molar-refractivity contribution < 1.29 is 19.4 Å². The molecule has 2 N–H and O–H groups in total. The van der Waals surface area contributed by atoms with Crippen LogP contribution in [0.2, 0.25) is 0 Å². The summed E-state index contributed by atoms with van der Waals surface area (Å²) in [7, 11) is 1.74. The highest BCUT2D eigenvalue weighted by atomic mass is 16.5. The fourth-order valence-electron chi connectivity index (χ4n) is 2.74. The van der Waals surface area contributed by atoms with E-state index in [0.717, 1.165) is 19.6 Å². The number of ether oxygens (including phenoxy) is 1. The molecule has 0 aromatic carbocycles. The number of carboxylic acid groups (broad SMARTS) is 1. The van der Waals surface area contributed by atoms with Gasteiger partial charge in [-0.1, -0.05) is 0 Å². The zero-order valence-electron chi connectivity index (χ0n) is 12.8. The first-order chi connectivity index (χ1) is 9.93. The van der Waals surface area contributed by atoms with Crippen LogP contribution in [0.3, 0.4) is 0 Å². The Kier molecular flexibility index (Phi) is 5.05. The van der Waals surface area contributed by atoms with Gasteiger partial charge >= 0.3 is 12.0 Å². The zero-order valence-corrected chi connectivity index (χ0v) is 12.8. The molecule has 0 saturated carbocycles. The van der Waals surface area contributed by atoms with Crippen molar-refractivity contribution in [2.24, 2.45) is 5.41 Å². The quantitative estimate of drug-likeness (QED) is 0.758. The maximum absolute atomic E-state index is 12.2. The summed E-state index contributed by atoms with van der Waals surface area (Å²) in [6.07, 6.45) is 2.46. The average Bonchev–Trinajstić information content (AvgIpc) is 3.07. The first kappa shape index (κ1) is 16.0. The smallest absolute Gasteiger partial charge is 0.317 e. The van der Waals surface area contributed by atoms with Crippen LogP contribution in [-0.2, 0) is 9.53 Å². The number of amides is 2. The number of carboxylic acids is 1. The Morgan fingerprint density at radius 3 is 2.71 bits per heavy atom. The number of hydrogen-bond acceptors (Lipinski definition) is 4. The Labute approximate surface area is 125 Å². The summed E-state index contributed by atoms with van der Waals surface area (Å²) in [5.41, 5.74) is -1.05. The van der Waals surface area contributed by atoms with Crippen LogP contribution in [0.5, 0.6) is 0 Å². The molecule has 2 saturated heterocycles. The molecule has 2 unspecified atom stereocenters. The highest BCUT2D eigenvalue weighted by Crippen LogP contribution is 2.28. The molecule has 2 rings (SSSR count). The number of rotatable bonds is 5. The average molecular weight is 299 g/mol. The summed E-state index contributed by atoms with van der Waals surface area (Å²) in [5.74, 6) is -0.940. The molecule has 120 valence electrons. The predicted octanol–water partition coefficient (Wildman–Crippen LogP) is 0.213. The van der Waals surface area contributed by atoms with E-state index in [1.807, 2.05) is 0 Å². The lowest BCUT2D eigenvalue weighted by molar-refractivity contribution is -0.148. The van der Waals surface area contributed by atoms with Crippen LogP contribution in [0.25, 0.3) is 0 Å². The Hall–Kier alpha value is -1.34. The number of nitrogens with one attached hydrogen (secondary N) is 1. The zero-order chi connectivity index (χ0) is 15.5. The lowest BCUT2D eigenvalue weighted by Gasteiger charge is -2.28. The van der Waals surface area contributed by atoms with Crippen molar-refractivity contribution in [2.45, 2.75) is 25.8 Å². The molecule has 2 atom stereocenters. The van der Waals surface area contributed by atoms with Crippen LogP contribution < -0.4 is 5.32 Å². The van der Waals surface area contributed by atoms with Crippen molar-refractivity contribution in [1.29, 1.82) is 0 Å². The lowest BCUT2D eigenvalue weighted by Crippen LogP contribution is -2.53. The minimum atomic E-state index is -1.05. The van der Waals surface area contributed by atoms with E-state index in [9.17, 15) is 14.7 Å². The van der Waals surface area contributed by atoms with Crippen molar-refractivity contribution in [3.63, 3.8) is 0 Å². The first-order valence-electron chi connectivity index (χ1n) is 7.48. The largest absolute Gasteiger partial charge is 0.481 e. The number of likely N-dealkylation sites (N-methyl/N-ethyl adjacent to an activating group) is 1. The van der Waals surface area contributed by atoms with E-state index < -0.39 is 17.4 Å². The van der Waals surface area contributed by atoms with E-state index in [0.29, 0.717) is 6.54 Å². The summed E-state index contributed by atoms with van der Waals surface area (Å²) in [6.45, 7) is 5.69. The number of hydrogen-bond donors (Lipinski definition) is 2. The minimum Gasteiger partial charge on any atom is -0.481 e. The van der Waals surface area contributed by atoms with Crippen LogP contribution in [0.1, 0.15) is 19.8 Å². The Morgan fingerprint density at radius 1 is 1.43 bits per heavy atom. The molecule has 2 fully saturated rings. The van der Waals surface area contributed by atoms with Gasteiger partial charge in [0.2, 0.25) is 0 Å². The molecule has 2 amide bonds. The van der Waals surface area contributed by atoms with Gasteiger partial charge in [-0.2, -0.15) is 0 Å². The normalized spacial score (nSPS) is 29.5. The standard InChI is InChI=1S/C14H25N3O4/c1-14(12(18)19)10-21-9-11(14)15-13(20)16(2)7-8-17-5-3-4-6-17/h11H,3-10H2,1-2H3,(H,15,20)(H,18,19). The van der Waals surface area contributed by atoms with Crippen LogP contribution in [0.4, 0.5) is 4.79 Å². The molecular formula is C14H25N3O4. The molecule has 0 aliphatic carbocycles. The van der Waals surface area contributed by atoms with E-state index in [1.165, 1.54) is 12.8 Å². The number of carbonyl (C=O) groups is 2. The number of nitrogens with zero attached hydrogens (tertiary/aromatic N) is 2. The summed E-state index contributed by atoms with van der Waals surface area (Å²) in [6, 6.07) is -0.728. The fraction of sp³-hybridized carbons (Fsp3) is 0.857. The molecule has 2 aliphatic rings. The Balaban J connectivity index is 1.81. The maximum Gasteiger partial charge on any atom is 0.317 e. The Morgan fingerprint density at radius 2 is 2.10 bits per heavy atom. The number of aliphatic carboxylic acids is 1. The van der Waals surface area contributed by atoms with Crippen LogP contribution in [0.15, 0.2) is 0 Å². The third-order valence-electron chi connectivity index (χ3n) is 4.54. The second-order valence-corrected chi connectivity index (χ2v) is 6.21. The topological polar surface area (TPSA) is 82.1 Å². The highest BCUT2D eigenvalue weighted by molar-refractivity contribution is 5.79. The number of likely N-dealkylation sites (tertiary alicyclic amines) is 1. The molecule has 0 radical (unpaired) electrons. The van der Waals surface area contributed by atoms with E-state index in [1.54, 1.807) is 18.9 Å². The van der Waals surface area contributed by atoms with Crippen molar-refractivity contribution >= 4 is 12.0 Å². The predicted molar refractivity (Wildman–Crippen MR) is 77.2 cm³/mol. The molecule has 0 aromatic heterocycles. The summed E-state index contributed by atoms with van der Waals surface area (Å²) in [4.78, 5) is 27.4. The lowest BCUT2D eigenvalue weighted by atomic mass is 9.85. The molecule has 2 aliphatic heterocycles. The van der Waals surface area contributed by atoms with Gasteiger partial charge in [0.25, 0.3) is 0 Å². The number of carbonyl (C=O) groups excluding carboxylic acids is 1. The van der Waals surface area contributed by atoms with Crippen molar-refractivity contribution in [2.75, 3.05) is 46.4 Å². The van der Waals surface area contributed by atoms with E-state index in [-0.39, 0.29) is 19.2 Å². The van der Waals surface area contributed by atoms with Gasteiger partial charge < -0.3 is 25.0 Å². The fourth-order valence-corrected chi connectivity index (χ4v) is 2.74. The molecule has 7 nitrogen and oxygen atoms in total. The van der Waals surface area contributed by atoms with Gasteiger partial charge in [0, 0.05) is 20.1 Å². The van der Waals surface area contributed by atoms with Crippen molar-refractivity contribution in [3.05, 3.63) is 0 Å². The third kappa shape index (κ3) is 3.65. The van der Waals surface area contributed by atoms with Gasteiger partial charge in [0.15, 0.2) is 0 Å². The molecule has 21 heavy (non-hydrogen) atoms. The monoisotopic (exact) mass is 299 g/mol. The Bertz CT molecular complexity index is 398. The van der Waals surface area contributed by atoms with Gasteiger partial charge in [-0.05, 0) is 32.9 Å². The van der Waals surface area contributed by atoms with Gasteiger partial charge in [-0.15, -0.1) is 0 Å². The van der Waals surface area contributed by atoms with E-state index in [2.05, 4.69) is 10.2 Å². The van der Waals surface area contributed by atoms with Gasteiger partial charge in [-0.25, -0.2) is 4.79 Å². The van der Waals surface area contributed by atoms with E-state index >= 15 is 0 Å². The third-order valence-corrected chi connectivity index (χ3v) is 4.54. The summed E-state index contributed by atoms with van der Waals surface area (Å²) < 4.78 is 5.23. The van der Waals surface area contributed by atoms with Crippen molar-refractivity contribution in [3.8, 4) is 0 Å². The molecule has 0 spiro atoms. The SMILES string of the molecule is CN(CCN1CCCC1)C(=O)NC1COCC1(C)C(=O)O. The van der Waals surface area contributed by atoms with Crippen LogP contribution in [-0.4, -0.2) is 79.4 Å². The second-order valence-electron chi connectivity index (χ2n) is 6.21. The van der Waals surface area contributed by atoms with Gasteiger partial charge in [-0.3, -0.25) is 4.79 Å². The molecule has 2 heterocycles. The summed E-state index contributed by atoms with van der Waals surface area (Å²) >= 11 is 0. The van der Waals surface area contributed by atoms with E-state index in [4.69, 9.17) is 4.74 Å². The maximum atomic E-state index is 12.2. The molecule has 0 aromatic rings. The molecule has 7 heteroatoms. The highest BCUT2D eigenvalue weighted by Gasteiger charge is 2.47. The second kappa shape index (κ2) is 6.62. The van der Waals surface area contributed by atoms with Gasteiger partial charge in [0.1, 0.15) is 5.41 Å². The number of urea groups is 1. The van der Waals surface area contributed by atoms with Crippen LogP contribution in [0, 0.1) is 5.41 Å². The van der Waals surface area contributed by atoms with Gasteiger partial charge in [0.05, 0.1) is 19.3 Å². The molecule has 0 bridgehead atoms. The van der Waals surface area contributed by atoms with Crippen LogP contribution >= 0.6 is 0 Å². The first-order valence-corrected chi connectivity index (χ1v) is 7.48. The minimum absolute atomic E-state index is 0.130. The summed E-state index contributed by atoms with van der Waals surface area (Å²) in [5, 5.41) is 12.1. The molecular weight excluding hydrogens is 274 g/mol. The van der Waals surface area contributed by atoms with Crippen molar-refractivity contribution in [1.82, 2.24) is 15.1 Å².